The van der Waals surface area contributed by atoms with Crippen LogP contribution < -0.4 is 16.6 Å². The molecule has 2 aromatic rings. The minimum atomic E-state index is -0.325. The largest absolute Gasteiger partial charge is 0.399 e. The first-order valence-corrected chi connectivity index (χ1v) is 5.42. The summed E-state index contributed by atoms with van der Waals surface area (Å²) in [6, 6.07) is 8.01. The summed E-state index contributed by atoms with van der Waals surface area (Å²) in [7, 11) is 0. The molecule has 0 aliphatic rings. The first-order chi connectivity index (χ1) is 8.56. The molecule has 0 radical (unpaired) electrons. The van der Waals surface area contributed by atoms with Crippen LogP contribution in [0.25, 0.3) is 0 Å². The van der Waals surface area contributed by atoms with E-state index in [0.29, 0.717) is 16.9 Å². The molecule has 2 rings (SSSR count). The Bertz CT molecular complexity index is 647. The van der Waals surface area contributed by atoms with Gasteiger partial charge in [-0.25, -0.2) is 0 Å². The van der Waals surface area contributed by atoms with Crippen molar-refractivity contribution in [1.29, 1.82) is 0 Å². The van der Waals surface area contributed by atoms with Crippen LogP contribution >= 0.6 is 0 Å². The smallest absolute Gasteiger partial charge is 0.255 e. The van der Waals surface area contributed by atoms with E-state index >= 15 is 0 Å². The second kappa shape index (κ2) is 4.75. The number of H-pyrrole nitrogens is 1. The lowest BCUT2D eigenvalue weighted by molar-refractivity contribution is 0.102. The summed E-state index contributed by atoms with van der Waals surface area (Å²) >= 11 is 0. The third-order valence-electron chi connectivity index (χ3n) is 2.54. The van der Waals surface area contributed by atoms with Gasteiger partial charge >= 0.3 is 0 Å². The van der Waals surface area contributed by atoms with Crippen LogP contribution in [0.1, 0.15) is 15.9 Å². The lowest BCUT2D eigenvalue weighted by Crippen LogP contribution is -2.16. The summed E-state index contributed by atoms with van der Waals surface area (Å²) in [6.45, 7) is 1.85. The van der Waals surface area contributed by atoms with Gasteiger partial charge in [0.05, 0.1) is 0 Å². The predicted octanol–water partition coefficient (Wildman–Crippen LogP) is 1.52. The lowest BCUT2D eigenvalue weighted by Gasteiger charge is -2.08. The quantitative estimate of drug-likeness (QED) is 0.699. The maximum atomic E-state index is 11.9. The second-order valence-electron chi connectivity index (χ2n) is 3.97. The van der Waals surface area contributed by atoms with E-state index in [4.69, 9.17) is 5.73 Å². The van der Waals surface area contributed by atoms with Crippen molar-refractivity contribution in [3.05, 3.63) is 58.0 Å². The molecule has 0 aliphatic heterocycles. The first kappa shape index (κ1) is 11.9. The molecule has 1 heterocycles. The number of nitrogen functional groups attached to an aromatic ring is 1. The Kier molecular flexibility index (Phi) is 3.14. The van der Waals surface area contributed by atoms with Crippen LogP contribution in [-0.2, 0) is 0 Å². The normalized spacial score (nSPS) is 10.1. The number of rotatable bonds is 2. The molecule has 5 heteroatoms. The van der Waals surface area contributed by atoms with Gasteiger partial charge in [0, 0.05) is 29.2 Å². The minimum absolute atomic E-state index is 0.309. The molecular formula is C13H13N3O2. The molecule has 0 unspecified atom stereocenters. The summed E-state index contributed by atoms with van der Waals surface area (Å²) in [5.41, 5.74) is 7.82. The summed E-state index contributed by atoms with van der Waals surface area (Å²) in [4.78, 5) is 25.5. The van der Waals surface area contributed by atoms with Gasteiger partial charge in [0.25, 0.3) is 5.91 Å². The van der Waals surface area contributed by atoms with Gasteiger partial charge in [-0.3, -0.25) is 9.59 Å². The van der Waals surface area contributed by atoms with Gasteiger partial charge in [0.2, 0.25) is 5.56 Å². The molecule has 0 spiro atoms. The van der Waals surface area contributed by atoms with E-state index in [2.05, 4.69) is 10.3 Å². The molecular weight excluding hydrogens is 230 g/mol. The standard InChI is InChI=1S/C13H13N3O2/c1-8-6-10(14)2-3-11(8)16-13(18)9-4-5-15-12(17)7-9/h2-7H,14H2,1H3,(H,15,17)(H,16,18). The zero-order valence-electron chi connectivity index (χ0n) is 9.86. The highest BCUT2D eigenvalue weighted by molar-refractivity contribution is 6.04. The zero-order chi connectivity index (χ0) is 13.1. The molecule has 0 fully saturated rings. The van der Waals surface area contributed by atoms with Crippen LogP contribution in [0.2, 0.25) is 0 Å². The molecule has 1 amide bonds. The van der Waals surface area contributed by atoms with Crippen LogP contribution in [0.15, 0.2) is 41.3 Å². The molecule has 1 aromatic heterocycles. The number of aromatic nitrogens is 1. The molecule has 18 heavy (non-hydrogen) atoms. The Hall–Kier alpha value is -2.56. The van der Waals surface area contributed by atoms with E-state index in [-0.39, 0.29) is 11.5 Å². The maximum Gasteiger partial charge on any atom is 0.255 e. The Morgan fingerprint density at radius 1 is 1.28 bits per heavy atom. The van der Waals surface area contributed by atoms with E-state index in [1.165, 1.54) is 12.3 Å². The van der Waals surface area contributed by atoms with Gasteiger partial charge in [0.15, 0.2) is 0 Å². The Morgan fingerprint density at radius 2 is 2.06 bits per heavy atom. The number of anilines is 2. The Labute approximate surface area is 104 Å². The number of aromatic amines is 1. The highest BCUT2D eigenvalue weighted by Crippen LogP contribution is 2.18. The fraction of sp³-hybridized carbons (Fsp3) is 0.0769. The van der Waals surface area contributed by atoms with Gasteiger partial charge in [-0.1, -0.05) is 0 Å². The molecule has 0 atom stereocenters. The van der Waals surface area contributed by atoms with Gasteiger partial charge < -0.3 is 16.0 Å². The van der Waals surface area contributed by atoms with Crippen molar-refractivity contribution in [2.24, 2.45) is 0 Å². The average Bonchev–Trinajstić information content (AvgIpc) is 2.32. The van der Waals surface area contributed by atoms with Crippen molar-refractivity contribution in [2.45, 2.75) is 6.92 Å². The van der Waals surface area contributed by atoms with Gasteiger partial charge in [-0.15, -0.1) is 0 Å². The lowest BCUT2D eigenvalue weighted by atomic mass is 10.1. The fourth-order valence-electron chi connectivity index (χ4n) is 1.61. The van der Waals surface area contributed by atoms with Crippen LogP contribution in [0.4, 0.5) is 11.4 Å². The number of hydrogen-bond acceptors (Lipinski definition) is 3. The van der Waals surface area contributed by atoms with Crippen molar-refractivity contribution in [2.75, 3.05) is 11.1 Å². The monoisotopic (exact) mass is 243 g/mol. The van der Waals surface area contributed by atoms with Crippen molar-refractivity contribution in [3.8, 4) is 0 Å². The average molecular weight is 243 g/mol. The zero-order valence-corrected chi connectivity index (χ0v) is 9.86. The SMILES string of the molecule is Cc1cc(N)ccc1NC(=O)c1cc[nH]c(=O)c1. The number of benzene rings is 1. The van der Waals surface area contributed by atoms with Crippen molar-refractivity contribution >= 4 is 17.3 Å². The molecule has 0 aliphatic carbocycles. The third-order valence-corrected chi connectivity index (χ3v) is 2.54. The Balaban J connectivity index is 2.24. The van der Waals surface area contributed by atoms with Crippen LogP contribution in [-0.4, -0.2) is 10.9 Å². The van der Waals surface area contributed by atoms with Crippen molar-refractivity contribution < 1.29 is 4.79 Å². The molecule has 0 saturated carbocycles. The van der Waals surface area contributed by atoms with Gasteiger partial charge in [0.1, 0.15) is 0 Å². The molecule has 0 bridgehead atoms. The van der Waals surface area contributed by atoms with E-state index in [1.54, 1.807) is 24.3 Å². The number of pyridine rings is 1. The second-order valence-corrected chi connectivity index (χ2v) is 3.97. The van der Waals surface area contributed by atoms with Crippen molar-refractivity contribution in [1.82, 2.24) is 4.98 Å². The fourth-order valence-corrected chi connectivity index (χ4v) is 1.61. The number of nitrogens with two attached hydrogens (primary N) is 1. The van der Waals surface area contributed by atoms with E-state index in [0.717, 1.165) is 5.56 Å². The number of carbonyl (C=O) groups excluding carboxylic acids is 1. The van der Waals surface area contributed by atoms with Gasteiger partial charge in [-0.2, -0.15) is 0 Å². The highest BCUT2D eigenvalue weighted by Gasteiger charge is 2.07. The minimum Gasteiger partial charge on any atom is -0.399 e. The third kappa shape index (κ3) is 2.57. The molecule has 92 valence electrons. The molecule has 5 nitrogen and oxygen atoms in total. The summed E-state index contributed by atoms with van der Waals surface area (Å²) in [5, 5.41) is 2.73. The van der Waals surface area contributed by atoms with Gasteiger partial charge in [-0.05, 0) is 36.8 Å². The Morgan fingerprint density at radius 3 is 2.72 bits per heavy atom. The summed E-state index contributed by atoms with van der Waals surface area (Å²) in [6.07, 6.45) is 1.44. The number of hydrogen-bond donors (Lipinski definition) is 3. The predicted molar refractivity (Wildman–Crippen MR) is 70.6 cm³/mol. The van der Waals surface area contributed by atoms with E-state index in [9.17, 15) is 9.59 Å². The number of carbonyl (C=O) groups is 1. The number of nitrogens with one attached hydrogen (secondary N) is 2. The van der Waals surface area contributed by atoms with Crippen LogP contribution in [0.3, 0.4) is 0 Å². The summed E-state index contributed by atoms with van der Waals surface area (Å²) < 4.78 is 0. The summed E-state index contributed by atoms with van der Waals surface area (Å²) in [5.74, 6) is -0.325. The maximum absolute atomic E-state index is 11.9. The molecule has 0 saturated heterocycles. The number of aryl methyl sites for hydroxylation is 1. The van der Waals surface area contributed by atoms with Crippen molar-refractivity contribution in [3.63, 3.8) is 0 Å². The van der Waals surface area contributed by atoms with E-state index in [1.807, 2.05) is 6.92 Å². The topological polar surface area (TPSA) is 88.0 Å². The van der Waals surface area contributed by atoms with Crippen LogP contribution in [0, 0.1) is 6.92 Å². The highest BCUT2D eigenvalue weighted by atomic mass is 16.2. The van der Waals surface area contributed by atoms with Crippen LogP contribution in [0.5, 0.6) is 0 Å². The van der Waals surface area contributed by atoms with E-state index < -0.39 is 0 Å². The number of amides is 1. The molecule has 1 aromatic carbocycles. The first-order valence-electron chi connectivity index (χ1n) is 5.42. The molecule has 4 N–H and O–H groups in total.